The topological polar surface area (TPSA) is 29.5 Å². The molecule has 0 N–H and O–H groups in total. The first-order chi connectivity index (χ1) is 11.6. The summed E-state index contributed by atoms with van der Waals surface area (Å²) in [5.74, 6) is 1.58. The Labute approximate surface area is 144 Å². The predicted octanol–water partition coefficient (Wildman–Crippen LogP) is 4.33. The molecule has 0 aromatic heterocycles. The fourth-order valence-electron chi connectivity index (χ4n) is 3.35. The van der Waals surface area contributed by atoms with Crippen molar-refractivity contribution in [2.24, 2.45) is 0 Å². The Kier molecular flexibility index (Phi) is 4.89. The number of carbonyl (C=O) groups is 1. The van der Waals surface area contributed by atoms with Gasteiger partial charge in [-0.25, -0.2) is 0 Å². The maximum absolute atomic E-state index is 12.7. The monoisotopic (exact) mass is 323 g/mol. The number of piperidine rings is 1. The number of amides is 1. The molecule has 0 radical (unpaired) electrons. The van der Waals surface area contributed by atoms with E-state index < -0.39 is 0 Å². The smallest absolute Gasteiger partial charge is 0.253 e. The van der Waals surface area contributed by atoms with Crippen molar-refractivity contribution in [1.82, 2.24) is 4.90 Å². The van der Waals surface area contributed by atoms with Gasteiger partial charge in [0.15, 0.2) is 0 Å². The van der Waals surface area contributed by atoms with E-state index >= 15 is 0 Å². The van der Waals surface area contributed by atoms with Crippen molar-refractivity contribution in [3.05, 3.63) is 64.7 Å². The Morgan fingerprint density at radius 1 is 1.00 bits per heavy atom. The molecule has 1 aliphatic rings. The van der Waals surface area contributed by atoms with Crippen LogP contribution in [0.15, 0.2) is 42.5 Å². The van der Waals surface area contributed by atoms with Crippen LogP contribution < -0.4 is 4.74 Å². The number of methoxy groups -OCH3 is 1. The van der Waals surface area contributed by atoms with Crippen molar-refractivity contribution >= 4 is 5.91 Å². The van der Waals surface area contributed by atoms with Crippen LogP contribution in [0.4, 0.5) is 0 Å². The average molecular weight is 323 g/mol. The molecular formula is C21H25NO2. The van der Waals surface area contributed by atoms with Gasteiger partial charge in [-0.1, -0.05) is 18.2 Å². The summed E-state index contributed by atoms with van der Waals surface area (Å²) in [5.41, 5.74) is 4.55. The lowest BCUT2D eigenvalue weighted by Crippen LogP contribution is -2.37. The molecule has 0 atom stereocenters. The fourth-order valence-corrected chi connectivity index (χ4v) is 3.35. The highest BCUT2D eigenvalue weighted by molar-refractivity contribution is 5.94. The number of ether oxygens (including phenoxy) is 1. The van der Waals surface area contributed by atoms with Crippen LogP contribution in [0.25, 0.3) is 0 Å². The molecular weight excluding hydrogens is 298 g/mol. The third-order valence-electron chi connectivity index (χ3n) is 5.12. The molecule has 1 saturated heterocycles. The summed E-state index contributed by atoms with van der Waals surface area (Å²) >= 11 is 0. The maximum atomic E-state index is 12.7. The molecule has 3 heteroatoms. The van der Waals surface area contributed by atoms with Gasteiger partial charge in [-0.15, -0.1) is 0 Å². The molecule has 2 aromatic carbocycles. The van der Waals surface area contributed by atoms with E-state index in [9.17, 15) is 4.79 Å². The zero-order valence-corrected chi connectivity index (χ0v) is 14.7. The minimum absolute atomic E-state index is 0.159. The van der Waals surface area contributed by atoms with Gasteiger partial charge in [0.1, 0.15) is 5.75 Å². The second-order valence-electron chi connectivity index (χ2n) is 6.64. The molecule has 2 aromatic rings. The average Bonchev–Trinajstić information content (AvgIpc) is 2.63. The minimum atomic E-state index is 0.159. The van der Waals surface area contributed by atoms with E-state index in [1.54, 1.807) is 7.11 Å². The predicted molar refractivity (Wildman–Crippen MR) is 96.8 cm³/mol. The Morgan fingerprint density at radius 2 is 1.67 bits per heavy atom. The van der Waals surface area contributed by atoms with Crippen LogP contribution in [-0.4, -0.2) is 31.0 Å². The van der Waals surface area contributed by atoms with Gasteiger partial charge in [-0.3, -0.25) is 4.79 Å². The number of aryl methyl sites for hydroxylation is 2. The van der Waals surface area contributed by atoms with Crippen molar-refractivity contribution in [1.29, 1.82) is 0 Å². The summed E-state index contributed by atoms with van der Waals surface area (Å²) in [6, 6.07) is 14.3. The SMILES string of the molecule is COc1ccc(C2CCN(C(=O)c3ccc(C)c(C)c3)CC2)cc1. The zero-order valence-electron chi connectivity index (χ0n) is 14.7. The van der Waals surface area contributed by atoms with E-state index in [0.717, 1.165) is 37.2 Å². The number of carbonyl (C=O) groups excluding carboxylic acids is 1. The van der Waals surface area contributed by atoms with Crippen molar-refractivity contribution in [2.75, 3.05) is 20.2 Å². The van der Waals surface area contributed by atoms with Gasteiger partial charge in [-0.05, 0) is 73.6 Å². The van der Waals surface area contributed by atoms with Gasteiger partial charge >= 0.3 is 0 Å². The van der Waals surface area contributed by atoms with Gasteiger partial charge in [0.05, 0.1) is 7.11 Å². The van der Waals surface area contributed by atoms with E-state index in [1.165, 1.54) is 16.7 Å². The van der Waals surface area contributed by atoms with E-state index in [1.807, 2.05) is 35.2 Å². The van der Waals surface area contributed by atoms with Crippen LogP contribution >= 0.6 is 0 Å². The van der Waals surface area contributed by atoms with Gasteiger partial charge in [0.25, 0.3) is 5.91 Å². The molecule has 0 aliphatic carbocycles. The van der Waals surface area contributed by atoms with E-state index in [2.05, 4.69) is 26.0 Å². The highest BCUT2D eigenvalue weighted by atomic mass is 16.5. The Morgan fingerprint density at radius 3 is 2.25 bits per heavy atom. The molecule has 1 fully saturated rings. The number of hydrogen-bond acceptors (Lipinski definition) is 2. The van der Waals surface area contributed by atoms with Crippen LogP contribution in [0.1, 0.15) is 45.8 Å². The fraction of sp³-hybridized carbons (Fsp3) is 0.381. The van der Waals surface area contributed by atoms with Crippen LogP contribution in [0.3, 0.4) is 0 Å². The summed E-state index contributed by atoms with van der Waals surface area (Å²) < 4.78 is 5.22. The van der Waals surface area contributed by atoms with E-state index in [4.69, 9.17) is 4.74 Å². The first-order valence-electron chi connectivity index (χ1n) is 8.59. The minimum Gasteiger partial charge on any atom is -0.497 e. The van der Waals surface area contributed by atoms with Gasteiger partial charge in [0, 0.05) is 18.7 Å². The lowest BCUT2D eigenvalue weighted by molar-refractivity contribution is 0.0713. The van der Waals surface area contributed by atoms with E-state index in [-0.39, 0.29) is 5.91 Å². The molecule has 3 nitrogen and oxygen atoms in total. The summed E-state index contributed by atoms with van der Waals surface area (Å²) in [5, 5.41) is 0. The van der Waals surface area contributed by atoms with Crippen LogP contribution in [-0.2, 0) is 0 Å². The quantitative estimate of drug-likeness (QED) is 0.841. The van der Waals surface area contributed by atoms with Crippen LogP contribution in [0, 0.1) is 13.8 Å². The van der Waals surface area contributed by atoms with Gasteiger partial charge in [-0.2, -0.15) is 0 Å². The molecule has 0 bridgehead atoms. The summed E-state index contributed by atoms with van der Waals surface area (Å²) in [7, 11) is 1.69. The molecule has 24 heavy (non-hydrogen) atoms. The molecule has 0 unspecified atom stereocenters. The Bertz CT molecular complexity index is 713. The third-order valence-corrected chi connectivity index (χ3v) is 5.12. The molecule has 1 aliphatic heterocycles. The molecule has 0 saturated carbocycles. The number of benzene rings is 2. The maximum Gasteiger partial charge on any atom is 0.253 e. The summed E-state index contributed by atoms with van der Waals surface area (Å²) in [4.78, 5) is 14.7. The highest BCUT2D eigenvalue weighted by Crippen LogP contribution is 2.29. The zero-order chi connectivity index (χ0) is 17.1. The Hall–Kier alpha value is -2.29. The molecule has 1 heterocycles. The lowest BCUT2D eigenvalue weighted by atomic mass is 9.89. The highest BCUT2D eigenvalue weighted by Gasteiger charge is 2.24. The van der Waals surface area contributed by atoms with Crippen LogP contribution in [0.5, 0.6) is 5.75 Å². The molecule has 3 rings (SSSR count). The standard InChI is InChI=1S/C21H25NO2/c1-15-4-5-19(14-16(15)2)21(23)22-12-10-18(11-13-22)17-6-8-20(24-3)9-7-17/h4-9,14,18H,10-13H2,1-3H3. The van der Waals surface area contributed by atoms with Gasteiger partial charge < -0.3 is 9.64 Å². The number of nitrogens with zero attached hydrogens (tertiary/aromatic N) is 1. The number of likely N-dealkylation sites (tertiary alicyclic amines) is 1. The second kappa shape index (κ2) is 7.08. The van der Waals surface area contributed by atoms with Gasteiger partial charge in [0.2, 0.25) is 0 Å². The molecule has 0 spiro atoms. The van der Waals surface area contributed by atoms with Crippen molar-refractivity contribution < 1.29 is 9.53 Å². The first kappa shape index (κ1) is 16.6. The van der Waals surface area contributed by atoms with Crippen molar-refractivity contribution in [2.45, 2.75) is 32.6 Å². The number of rotatable bonds is 3. The number of hydrogen-bond donors (Lipinski definition) is 0. The van der Waals surface area contributed by atoms with Crippen molar-refractivity contribution in [3.8, 4) is 5.75 Å². The Balaban J connectivity index is 1.63. The largest absolute Gasteiger partial charge is 0.497 e. The van der Waals surface area contributed by atoms with Crippen molar-refractivity contribution in [3.63, 3.8) is 0 Å². The summed E-state index contributed by atoms with van der Waals surface area (Å²) in [6.45, 7) is 5.77. The molecule has 1 amide bonds. The van der Waals surface area contributed by atoms with E-state index in [0.29, 0.717) is 5.92 Å². The first-order valence-corrected chi connectivity index (χ1v) is 8.59. The summed E-state index contributed by atoms with van der Waals surface area (Å²) in [6.07, 6.45) is 2.03. The third kappa shape index (κ3) is 3.45. The second-order valence-corrected chi connectivity index (χ2v) is 6.64. The van der Waals surface area contributed by atoms with Crippen LogP contribution in [0.2, 0.25) is 0 Å². The molecule has 126 valence electrons. The normalized spacial score (nSPS) is 15.4. The lowest BCUT2D eigenvalue weighted by Gasteiger charge is -2.32.